The van der Waals surface area contributed by atoms with Crippen molar-refractivity contribution in [2.75, 3.05) is 13.2 Å². The summed E-state index contributed by atoms with van der Waals surface area (Å²) in [5, 5.41) is 21.6. The molecule has 1 aliphatic heterocycles. The Bertz CT molecular complexity index is 1420. The molecule has 3 aromatic heterocycles. The fourth-order valence-corrected chi connectivity index (χ4v) is 4.14. The third-order valence-corrected chi connectivity index (χ3v) is 6.58. The van der Waals surface area contributed by atoms with Crippen molar-refractivity contribution in [1.82, 2.24) is 30.5 Å². The molecule has 1 saturated heterocycles. The van der Waals surface area contributed by atoms with Crippen LogP contribution < -0.4 is 5.32 Å². The molecular formula is C28H31N7O2. The van der Waals surface area contributed by atoms with Crippen LogP contribution in [0.4, 0.5) is 0 Å². The number of nitrogens with zero attached hydrogens (tertiary/aromatic N) is 6. The van der Waals surface area contributed by atoms with E-state index in [1.54, 1.807) is 12.4 Å². The van der Waals surface area contributed by atoms with Gasteiger partial charge in [-0.15, -0.1) is 10.2 Å². The average Bonchev–Trinajstić information content (AvgIpc) is 3.43. The first-order chi connectivity index (χ1) is 17.9. The third-order valence-electron chi connectivity index (χ3n) is 6.58. The van der Waals surface area contributed by atoms with Gasteiger partial charge in [-0.25, -0.2) is 4.98 Å². The van der Waals surface area contributed by atoms with E-state index in [1.165, 1.54) is 5.56 Å². The van der Waals surface area contributed by atoms with Crippen LogP contribution in [0.15, 0.2) is 53.2 Å². The molecule has 1 aliphatic rings. The summed E-state index contributed by atoms with van der Waals surface area (Å²) in [4.78, 5) is 13.6. The molecule has 4 aromatic rings. The molecule has 9 nitrogen and oxygen atoms in total. The molecule has 0 amide bonds. The lowest BCUT2D eigenvalue weighted by molar-refractivity contribution is 0.0776. The van der Waals surface area contributed by atoms with Crippen LogP contribution in [-0.2, 0) is 16.7 Å². The molecule has 0 saturated carbocycles. The molecule has 1 aromatic carbocycles. The van der Waals surface area contributed by atoms with Crippen molar-refractivity contribution < 1.29 is 10.6 Å². The maximum absolute atomic E-state index is 9.48. The van der Waals surface area contributed by atoms with Crippen molar-refractivity contribution in [3.8, 4) is 40.4 Å². The average molecular weight is 498 g/mol. The van der Waals surface area contributed by atoms with E-state index in [0.717, 1.165) is 43.7 Å². The zero-order valence-electron chi connectivity index (χ0n) is 21.2. The van der Waals surface area contributed by atoms with Crippen molar-refractivity contribution in [3.05, 3.63) is 65.7 Å². The molecule has 1 fully saturated rings. The fourth-order valence-electron chi connectivity index (χ4n) is 4.14. The largest absolute Gasteiger partial charge is 0.415 e. The Morgan fingerprint density at radius 1 is 1.05 bits per heavy atom. The van der Waals surface area contributed by atoms with E-state index in [4.69, 9.17) is 14.1 Å². The smallest absolute Gasteiger partial charge is 0.268 e. The van der Waals surface area contributed by atoms with E-state index in [0.29, 0.717) is 40.6 Å². The van der Waals surface area contributed by atoms with Crippen LogP contribution in [0.3, 0.4) is 0 Å². The zero-order chi connectivity index (χ0) is 25.8. The second-order valence-electron chi connectivity index (χ2n) is 9.73. The van der Waals surface area contributed by atoms with Crippen molar-refractivity contribution in [3.63, 3.8) is 0 Å². The number of nitriles is 1. The Balaban J connectivity index is 0.00000336. The molecule has 1 N–H and O–H groups in total. The number of aromatic nitrogens is 5. The lowest BCUT2D eigenvalue weighted by atomic mass is 9.90. The van der Waals surface area contributed by atoms with Gasteiger partial charge in [-0.05, 0) is 63.4 Å². The van der Waals surface area contributed by atoms with E-state index in [9.17, 15) is 5.26 Å². The second-order valence-corrected chi connectivity index (χ2v) is 9.73. The second kappa shape index (κ2) is 10.5. The van der Waals surface area contributed by atoms with Crippen LogP contribution in [0.2, 0.25) is 0 Å². The summed E-state index contributed by atoms with van der Waals surface area (Å²) in [6.45, 7) is 7.98. The van der Waals surface area contributed by atoms with Crippen molar-refractivity contribution in [2.45, 2.75) is 51.6 Å². The van der Waals surface area contributed by atoms with Gasteiger partial charge in [0.15, 0.2) is 0 Å². The minimum Gasteiger partial charge on any atom is -0.415 e. The molecular weight excluding hydrogens is 466 g/mol. The minimum atomic E-state index is -0.713. The van der Waals surface area contributed by atoms with E-state index < -0.39 is 5.41 Å². The summed E-state index contributed by atoms with van der Waals surface area (Å²) < 4.78 is 11.4. The SMILES string of the molecule is Cc1ncc(-c2ccnc(C(C)(C)C#N)c2)nc1-c1nnc(-c2ccc(CNC3CCOCC3)cc2)o1.[HH]. The summed E-state index contributed by atoms with van der Waals surface area (Å²) in [5.74, 6) is 0.728. The maximum atomic E-state index is 9.48. The summed E-state index contributed by atoms with van der Waals surface area (Å²) in [5.41, 5.74) is 4.64. The summed E-state index contributed by atoms with van der Waals surface area (Å²) in [7, 11) is 0. The number of ether oxygens (including phenoxy) is 1. The van der Waals surface area contributed by atoms with Crippen molar-refractivity contribution in [1.29, 1.82) is 5.26 Å². The Hall–Kier alpha value is -4.00. The van der Waals surface area contributed by atoms with Gasteiger partial charge in [0, 0.05) is 44.6 Å². The van der Waals surface area contributed by atoms with Crippen LogP contribution in [-0.4, -0.2) is 44.4 Å². The third kappa shape index (κ3) is 5.56. The van der Waals surface area contributed by atoms with Crippen LogP contribution in [0.25, 0.3) is 34.3 Å². The lowest BCUT2D eigenvalue weighted by Gasteiger charge is -2.23. The van der Waals surface area contributed by atoms with Gasteiger partial charge in [0.1, 0.15) is 5.69 Å². The van der Waals surface area contributed by atoms with Crippen molar-refractivity contribution in [2.24, 2.45) is 0 Å². The topological polar surface area (TPSA) is 123 Å². The van der Waals surface area contributed by atoms with Crippen LogP contribution >= 0.6 is 0 Å². The summed E-state index contributed by atoms with van der Waals surface area (Å²) >= 11 is 0. The summed E-state index contributed by atoms with van der Waals surface area (Å²) in [6, 6.07) is 14.6. The van der Waals surface area contributed by atoms with Crippen LogP contribution in [0.5, 0.6) is 0 Å². The lowest BCUT2D eigenvalue weighted by Crippen LogP contribution is -2.34. The highest BCUT2D eigenvalue weighted by Crippen LogP contribution is 2.28. The molecule has 9 heteroatoms. The van der Waals surface area contributed by atoms with Gasteiger partial charge in [0.25, 0.3) is 5.89 Å². The number of rotatable bonds is 7. The maximum Gasteiger partial charge on any atom is 0.268 e. The van der Waals surface area contributed by atoms with Gasteiger partial charge >= 0.3 is 0 Å². The quantitative estimate of drug-likeness (QED) is 0.380. The Kier molecular flexibility index (Phi) is 7.04. The molecule has 0 bridgehead atoms. The first kappa shape index (κ1) is 24.7. The number of pyridine rings is 1. The highest BCUT2D eigenvalue weighted by Gasteiger charge is 2.23. The number of hydrogen-bond donors (Lipinski definition) is 1. The number of aryl methyl sites for hydroxylation is 1. The van der Waals surface area contributed by atoms with E-state index in [2.05, 4.69) is 43.7 Å². The van der Waals surface area contributed by atoms with Gasteiger partial charge < -0.3 is 14.5 Å². The molecule has 5 rings (SSSR count). The van der Waals surface area contributed by atoms with Gasteiger partial charge in [-0.1, -0.05) is 12.1 Å². The first-order valence-corrected chi connectivity index (χ1v) is 12.4. The van der Waals surface area contributed by atoms with Gasteiger partial charge in [0.2, 0.25) is 5.89 Å². The summed E-state index contributed by atoms with van der Waals surface area (Å²) in [6.07, 6.45) is 5.47. The fraction of sp³-hybridized carbons (Fsp3) is 0.357. The molecule has 0 radical (unpaired) electrons. The normalized spacial score (nSPS) is 14.4. The van der Waals surface area contributed by atoms with E-state index >= 15 is 0 Å². The van der Waals surface area contributed by atoms with E-state index in [1.807, 2.05) is 45.0 Å². The predicted molar refractivity (Wildman–Crippen MR) is 140 cm³/mol. The van der Waals surface area contributed by atoms with E-state index in [-0.39, 0.29) is 1.43 Å². The molecule has 0 unspecified atom stereocenters. The highest BCUT2D eigenvalue weighted by molar-refractivity contribution is 5.64. The first-order valence-electron chi connectivity index (χ1n) is 12.4. The van der Waals surface area contributed by atoms with Gasteiger partial charge in [-0.2, -0.15) is 5.26 Å². The highest BCUT2D eigenvalue weighted by atomic mass is 16.5. The molecule has 37 heavy (non-hydrogen) atoms. The predicted octanol–water partition coefficient (Wildman–Crippen LogP) is 4.88. The van der Waals surface area contributed by atoms with Crippen LogP contribution in [0, 0.1) is 18.3 Å². The van der Waals surface area contributed by atoms with Gasteiger partial charge in [0.05, 0.1) is 34.8 Å². The number of nitrogens with one attached hydrogen (secondary N) is 1. The monoisotopic (exact) mass is 497 g/mol. The standard InChI is InChI=1S/C28H29N7O2.H2/c1-18-25(33-23(16-31-18)21-8-11-30-24(14-21)28(2,3)17-29)27-35-34-26(37-27)20-6-4-19(5-7-20)15-32-22-9-12-36-13-10-22;/h4-8,11,14,16,22,32H,9-10,12-13,15H2,1-3H3;1H. The molecule has 0 spiro atoms. The Morgan fingerprint density at radius 2 is 1.81 bits per heavy atom. The molecule has 190 valence electrons. The van der Waals surface area contributed by atoms with Gasteiger partial charge in [-0.3, -0.25) is 9.97 Å². The zero-order valence-corrected chi connectivity index (χ0v) is 21.2. The minimum absolute atomic E-state index is 0. The molecule has 0 atom stereocenters. The van der Waals surface area contributed by atoms with Crippen molar-refractivity contribution >= 4 is 0 Å². The Labute approximate surface area is 217 Å². The van der Waals surface area contributed by atoms with Crippen LogP contribution in [0.1, 0.15) is 45.1 Å². The molecule has 0 aliphatic carbocycles. The Morgan fingerprint density at radius 3 is 2.57 bits per heavy atom. The number of hydrogen-bond acceptors (Lipinski definition) is 9. The molecule has 4 heterocycles. The number of benzene rings is 1.